The quantitative estimate of drug-likeness (QED) is 0.733. The topological polar surface area (TPSA) is 37.3 Å². The molecule has 0 unspecified atom stereocenters. The third-order valence-electron chi connectivity index (χ3n) is 5.99. The van der Waals surface area contributed by atoms with Crippen molar-refractivity contribution in [3.05, 3.63) is 47.5 Å². The van der Waals surface area contributed by atoms with Crippen molar-refractivity contribution in [1.82, 2.24) is 0 Å². The van der Waals surface area contributed by atoms with E-state index < -0.39 is 0 Å². The lowest BCUT2D eigenvalue weighted by Gasteiger charge is -2.49. The standard InChI is InChI=1S/C18H20O2/c1-18-9-8-12-11-4-2-3-5-13(11)16(19)10-14(12)15(18)6-7-17(18)20/h2-7,12,14-15,17,20H,8-10H2,1H3/t12-,14-,15+,17+,18+/m1/s1. The number of allylic oxidation sites excluding steroid dienone is 1. The van der Waals surface area contributed by atoms with Crippen LogP contribution in [-0.2, 0) is 0 Å². The Bertz CT molecular complexity index is 603. The Morgan fingerprint density at radius 1 is 1.25 bits per heavy atom. The molecule has 3 aliphatic carbocycles. The van der Waals surface area contributed by atoms with Gasteiger partial charge in [-0.15, -0.1) is 0 Å². The van der Waals surface area contributed by atoms with Gasteiger partial charge in [-0.1, -0.05) is 43.3 Å². The summed E-state index contributed by atoms with van der Waals surface area (Å²) in [4.78, 5) is 12.4. The first-order chi connectivity index (χ1) is 9.61. The van der Waals surface area contributed by atoms with E-state index in [2.05, 4.69) is 19.1 Å². The number of carbonyl (C=O) groups is 1. The van der Waals surface area contributed by atoms with E-state index >= 15 is 0 Å². The van der Waals surface area contributed by atoms with Crippen LogP contribution in [0.15, 0.2) is 36.4 Å². The summed E-state index contributed by atoms with van der Waals surface area (Å²) in [6.07, 6.45) is 6.52. The highest BCUT2D eigenvalue weighted by Gasteiger charge is 2.53. The molecule has 0 bridgehead atoms. The highest BCUT2D eigenvalue weighted by Crippen LogP contribution is 2.58. The number of benzene rings is 1. The number of rotatable bonds is 0. The van der Waals surface area contributed by atoms with Gasteiger partial charge >= 0.3 is 0 Å². The monoisotopic (exact) mass is 268 g/mol. The molecule has 0 saturated heterocycles. The molecule has 0 aliphatic heterocycles. The van der Waals surface area contributed by atoms with Crippen molar-refractivity contribution in [3.8, 4) is 0 Å². The van der Waals surface area contributed by atoms with E-state index in [9.17, 15) is 9.90 Å². The fourth-order valence-electron chi connectivity index (χ4n) is 4.79. The number of Topliss-reactive ketones (excluding diaryl/α,β-unsaturated/α-hetero) is 1. The molecule has 1 saturated carbocycles. The lowest BCUT2D eigenvalue weighted by molar-refractivity contribution is -0.00857. The normalized spacial score (nSPS) is 42.0. The first kappa shape index (κ1) is 12.3. The summed E-state index contributed by atoms with van der Waals surface area (Å²) < 4.78 is 0. The van der Waals surface area contributed by atoms with Crippen LogP contribution in [-0.4, -0.2) is 17.0 Å². The molecule has 0 amide bonds. The van der Waals surface area contributed by atoms with Crippen molar-refractivity contribution in [1.29, 1.82) is 0 Å². The smallest absolute Gasteiger partial charge is 0.163 e. The van der Waals surface area contributed by atoms with Crippen molar-refractivity contribution in [3.63, 3.8) is 0 Å². The maximum atomic E-state index is 12.4. The third kappa shape index (κ3) is 1.46. The number of aliphatic hydroxyl groups excluding tert-OH is 1. The fourth-order valence-corrected chi connectivity index (χ4v) is 4.79. The van der Waals surface area contributed by atoms with Gasteiger partial charge in [0.1, 0.15) is 0 Å². The van der Waals surface area contributed by atoms with E-state index in [-0.39, 0.29) is 17.3 Å². The van der Waals surface area contributed by atoms with Gasteiger partial charge in [0, 0.05) is 17.4 Å². The summed E-state index contributed by atoms with van der Waals surface area (Å²) >= 11 is 0. The van der Waals surface area contributed by atoms with Crippen LogP contribution in [0.2, 0.25) is 0 Å². The molecule has 4 rings (SSSR count). The fraction of sp³-hybridized carbons (Fsp3) is 0.500. The zero-order chi connectivity index (χ0) is 13.9. The van der Waals surface area contributed by atoms with Gasteiger partial charge in [0.05, 0.1) is 6.10 Å². The zero-order valence-electron chi connectivity index (χ0n) is 11.8. The summed E-state index contributed by atoms with van der Waals surface area (Å²) in [6, 6.07) is 8.10. The lowest BCUT2D eigenvalue weighted by Crippen LogP contribution is -2.45. The molecular weight excluding hydrogens is 248 g/mol. The molecule has 104 valence electrons. The lowest BCUT2D eigenvalue weighted by atomic mass is 9.55. The molecule has 1 fully saturated rings. The van der Waals surface area contributed by atoms with Crippen molar-refractivity contribution < 1.29 is 9.90 Å². The Balaban J connectivity index is 1.79. The second-order valence-corrected chi connectivity index (χ2v) is 6.88. The van der Waals surface area contributed by atoms with Gasteiger partial charge in [-0.05, 0) is 36.2 Å². The second-order valence-electron chi connectivity index (χ2n) is 6.88. The van der Waals surface area contributed by atoms with Crippen molar-refractivity contribution in [2.75, 3.05) is 0 Å². The summed E-state index contributed by atoms with van der Waals surface area (Å²) in [6.45, 7) is 2.18. The van der Waals surface area contributed by atoms with E-state index in [1.54, 1.807) is 0 Å². The predicted molar refractivity (Wildman–Crippen MR) is 77.6 cm³/mol. The van der Waals surface area contributed by atoms with Crippen LogP contribution in [0, 0.1) is 17.3 Å². The first-order valence-electron chi connectivity index (χ1n) is 7.60. The minimum Gasteiger partial charge on any atom is -0.388 e. The molecule has 0 heterocycles. The van der Waals surface area contributed by atoms with Gasteiger partial charge in [0.15, 0.2) is 5.78 Å². The van der Waals surface area contributed by atoms with E-state index in [0.717, 1.165) is 18.4 Å². The van der Waals surface area contributed by atoms with E-state index in [1.165, 1.54) is 5.56 Å². The summed E-state index contributed by atoms with van der Waals surface area (Å²) in [5, 5.41) is 10.3. The Labute approximate surface area is 119 Å². The van der Waals surface area contributed by atoms with Gasteiger partial charge in [0.2, 0.25) is 0 Å². The Kier molecular flexibility index (Phi) is 2.50. The molecule has 0 radical (unpaired) electrons. The van der Waals surface area contributed by atoms with Gasteiger partial charge < -0.3 is 5.11 Å². The van der Waals surface area contributed by atoms with Crippen LogP contribution >= 0.6 is 0 Å². The van der Waals surface area contributed by atoms with Crippen LogP contribution in [0.4, 0.5) is 0 Å². The molecule has 0 spiro atoms. The van der Waals surface area contributed by atoms with Gasteiger partial charge in [-0.3, -0.25) is 4.79 Å². The average molecular weight is 268 g/mol. The predicted octanol–water partition coefficient (Wildman–Crippen LogP) is 3.32. The number of hydrogen-bond acceptors (Lipinski definition) is 2. The maximum absolute atomic E-state index is 12.4. The molecular formula is C18H20O2. The number of carbonyl (C=O) groups excluding carboxylic acids is 1. The third-order valence-corrected chi connectivity index (χ3v) is 5.99. The maximum Gasteiger partial charge on any atom is 0.163 e. The summed E-state index contributed by atoms with van der Waals surface area (Å²) in [5.74, 6) is 1.47. The molecule has 1 aromatic rings. The number of ketones is 1. The molecule has 2 nitrogen and oxygen atoms in total. The van der Waals surface area contributed by atoms with Gasteiger partial charge in [-0.2, -0.15) is 0 Å². The second kappa shape index (κ2) is 4.05. The molecule has 20 heavy (non-hydrogen) atoms. The molecule has 5 atom stereocenters. The first-order valence-corrected chi connectivity index (χ1v) is 7.60. The molecule has 2 heteroatoms. The number of fused-ring (bicyclic) bond motifs is 5. The molecule has 1 aromatic carbocycles. The van der Waals surface area contributed by atoms with Crippen LogP contribution in [0.1, 0.15) is 48.0 Å². The van der Waals surface area contributed by atoms with Crippen LogP contribution in [0.3, 0.4) is 0 Å². The van der Waals surface area contributed by atoms with Crippen LogP contribution in [0.5, 0.6) is 0 Å². The minimum absolute atomic E-state index is 0.0618. The minimum atomic E-state index is -0.347. The van der Waals surface area contributed by atoms with Crippen LogP contribution < -0.4 is 0 Å². The highest BCUT2D eigenvalue weighted by molar-refractivity contribution is 5.99. The van der Waals surface area contributed by atoms with Gasteiger partial charge in [0.25, 0.3) is 0 Å². The summed E-state index contributed by atoms with van der Waals surface area (Å²) in [7, 11) is 0. The highest BCUT2D eigenvalue weighted by atomic mass is 16.3. The molecule has 3 aliphatic rings. The molecule has 0 aromatic heterocycles. The number of hydrogen-bond donors (Lipinski definition) is 1. The van der Waals surface area contributed by atoms with E-state index in [1.807, 2.05) is 24.3 Å². The zero-order valence-corrected chi connectivity index (χ0v) is 11.8. The summed E-state index contributed by atoms with van der Waals surface area (Å²) in [5.41, 5.74) is 2.11. The van der Waals surface area contributed by atoms with Gasteiger partial charge in [-0.25, -0.2) is 0 Å². The Morgan fingerprint density at radius 3 is 2.90 bits per heavy atom. The Morgan fingerprint density at radius 2 is 2.05 bits per heavy atom. The van der Waals surface area contributed by atoms with Crippen molar-refractivity contribution >= 4 is 5.78 Å². The van der Waals surface area contributed by atoms with Crippen molar-refractivity contribution in [2.24, 2.45) is 17.3 Å². The Hall–Kier alpha value is -1.41. The average Bonchev–Trinajstić information content (AvgIpc) is 2.76. The largest absolute Gasteiger partial charge is 0.388 e. The van der Waals surface area contributed by atoms with E-state index in [0.29, 0.717) is 24.2 Å². The van der Waals surface area contributed by atoms with Crippen LogP contribution in [0.25, 0.3) is 0 Å². The van der Waals surface area contributed by atoms with Crippen molar-refractivity contribution in [2.45, 2.75) is 38.2 Å². The number of aliphatic hydroxyl groups is 1. The molecule has 1 N–H and O–H groups in total. The van der Waals surface area contributed by atoms with E-state index in [4.69, 9.17) is 0 Å². The SMILES string of the molecule is C[C@]12CC[C@@H]3c4ccccc4C(=O)C[C@H]3[C@@H]1C=C[C@@H]2O.